The first-order valence-electron chi connectivity index (χ1n) is 6.67. The highest BCUT2D eigenvalue weighted by Gasteiger charge is 2.31. The predicted octanol–water partition coefficient (Wildman–Crippen LogP) is 4.56. The first-order chi connectivity index (χ1) is 10.1. The van der Waals surface area contributed by atoms with Crippen molar-refractivity contribution in [2.45, 2.75) is 19.0 Å². The van der Waals surface area contributed by atoms with Gasteiger partial charge in [0.15, 0.2) is 0 Å². The van der Waals surface area contributed by atoms with Crippen LogP contribution in [0.2, 0.25) is 0 Å². The third kappa shape index (κ3) is 2.91. The van der Waals surface area contributed by atoms with Gasteiger partial charge in [-0.1, -0.05) is 56.1 Å². The Morgan fingerprint density at radius 1 is 1.19 bits per heavy atom. The van der Waals surface area contributed by atoms with E-state index < -0.39 is 0 Å². The van der Waals surface area contributed by atoms with Crippen molar-refractivity contribution in [1.29, 1.82) is 0 Å². The number of halogens is 2. The van der Waals surface area contributed by atoms with Gasteiger partial charge in [-0.3, -0.25) is 10.1 Å². The van der Waals surface area contributed by atoms with Crippen molar-refractivity contribution in [1.82, 2.24) is 5.32 Å². The van der Waals surface area contributed by atoms with E-state index in [0.29, 0.717) is 0 Å². The SMILES string of the molecule is CC(NC1C(=O)Nc2cc(Br)ccc21)c1ccccc1Br. The Balaban J connectivity index is 1.86. The molecule has 1 amide bonds. The number of carbonyl (C=O) groups excluding carboxylic acids is 1. The number of rotatable bonds is 3. The van der Waals surface area contributed by atoms with Crippen molar-refractivity contribution < 1.29 is 4.79 Å². The van der Waals surface area contributed by atoms with E-state index >= 15 is 0 Å². The predicted molar refractivity (Wildman–Crippen MR) is 91.2 cm³/mol. The van der Waals surface area contributed by atoms with E-state index in [9.17, 15) is 4.79 Å². The Hall–Kier alpha value is -1.17. The Morgan fingerprint density at radius 3 is 2.71 bits per heavy atom. The molecule has 1 heterocycles. The number of hydrogen-bond acceptors (Lipinski definition) is 2. The molecule has 0 saturated carbocycles. The quantitative estimate of drug-likeness (QED) is 0.780. The number of anilines is 1. The minimum atomic E-state index is -0.324. The lowest BCUT2D eigenvalue weighted by Gasteiger charge is -2.20. The summed E-state index contributed by atoms with van der Waals surface area (Å²) in [5, 5.41) is 6.32. The molecule has 2 atom stereocenters. The van der Waals surface area contributed by atoms with Gasteiger partial charge >= 0.3 is 0 Å². The molecule has 1 aliphatic heterocycles. The summed E-state index contributed by atoms with van der Waals surface area (Å²) in [7, 11) is 0. The maximum atomic E-state index is 12.2. The molecule has 0 radical (unpaired) electrons. The lowest BCUT2D eigenvalue weighted by atomic mass is 10.0. The van der Waals surface area contributed by atoms with Gasteiger partial charge in [-0.05, 0) is 30.7 Å². The van der Waals surface area contributed by atoms with Crippen molar-refractivity contribution >= 4 is 43.5 Å². The smallest absolute Gasteiger partial charge is 0.246 e. The summed E-state index contributed by atoms with van der Waals surface area (Å²) in [6.07, 6.45) is 0. The van der Waals surface area contributed by atoms with Crippen molar-refractivity contribution in [3.63, 3.8) is 0 Å². The van der Waals surface area contributed by atoms with E-state index in [0.717, 1.165) is 25.8 Å². The number of hydrogen-bond donors (Lipinski definition) is 2. The Bertz CT molecular complexity index is 702. The highest BCUT2D eigenvalue weighted by atomic mass is 79.9. The lowest BCUT2D eigenvalue weighted by molar-refractivity contribution is -0.117. The molecule has 0 bridgehead atoms. The molecule has 3 rings (SSSR count). The number of fused-ring (bicyclic) bond motifs is 1. The van der Waals surface area contributed by atoms with E-state index in [2.05, 4.69) is 55.5 Å². The molecular formula is C16H14Br2N2O. The molecule has 3 nitrogen and oxygen atoms in total. The first-order valence-corrected chi connectivity index (χ1v) is 8.25. The van der Waals surface area contributed by atoms with Gasteiger partial charge in [-0.15, -0.1) is 0 Å². The fourth-order valence-electron chi connectivity index (χ4n) is 2.57. The molecule has 2 aromatic carbocycles. The van der Waals surface area contributed by atoms with Gasteiger partial charge in [-0.2, -0.15) is 0 Å². The van der Waals surface area contributed by atoms with Crippen molar-refractivity contribution in [2.75, 3.05) is 5.32 Å². The van der Waals surface area contributed by atoms with Gasteiger partial charge in [0.25, 0.3) is 0 Å². The Kier molecular flexibility index (Phi) is 4.15. The summed E-state index contributed by atoms with van der Waals surface area (Å²) >= 11 is 6.98. The van der Waals surface area contributed by atoms with E-state index in [1.165, 1.54) is 0 Å². The van der Waals surface area contributed by atoms with E-state index in [4.69, 9.17) is 0 Å². The standard InChI is InChI=1S/C16H14Br2N2O/c1-9(11-4-2-3-5-13(11)18)19-15-12-7-6-10(17)8-14(12)20-16(15)21/h2-9,15,19H,1H3,(H,20,21). The second-order valence-electron chi connectivity index (χ2n) is 5.06. The van der Waals surface area contributed by atoms with E-state index in [-0.39, 0.29) is 18.0 Å². The van der Waals surface area contributed by atoms with Gasteiger partial charge < -0.3 is 5.32 Å². The summed E-state index contributed by atoms with van der Waals surface area (Å²) in [5.41, 5.74) is 2.99. The fraction of sp³-hybridized carbons (Fsp3) is 0.188. The summed E-state index contributed by atoms with van der Waals surface area (Å²) < 4.78 is 2.00. The average Bonchev–Trinajstić information content (AvgIpc) is 2.74. The van der Waals surface area contributed by atoms with Crippen LogP contribution in [0.3, 0.4) is 0 Å². The molecule has 2 unspecified atom stereocenters. The molecule has 108 valence electrons. The zero-order chi connectivity index (χ0) is 15.0. The van der Waals surface area contributed by atoms with E-state index in [1.807, 2.05) is 36.4 Å². The molecule has 0 aromatic heterocycles. The van der Waals surface area contributed by atoms with Gasteiger partial charge in [0, 0.05) is 26.2 Å². The van der Waals surface area contributed by atoms with Gasteiger partial charge in [-0.25, -0.2) is 0 Å². The van der Waals surface area contributed by atoms with E-state index in [1.54, 1.807) is 0 Å². The molecule has 2 N–H and O–H groups in total. The molecule has 21 heavy (non-hydrogen) atoms. The molecule has 0 aliphatic carbocycles. The Labute approximate surface area is 140 Å². The van der Waals surface area contributed by atoms with Crippen molar-refractivity contribution in [3.05, 3.63) is 62.5 Å². The average molecular weight is 410 g/mol. The molecule has 5 heteroatoms. The molecule has 0 fully saturated rings. The molecule has 0 spiro atoms. The normalized spacial score (nSPS) is 18.2. The summed E-state index contributed by atoms with van der Waals surface area (Å²) in [5.74, 6) is -0.0120. The van der Waals surface area contributed by atoms with Crippen LogP contribution in [0.15, 0.2) is 51.4 Å². The van der Waals surface area contributed by atoms with Crippen LogP contribution in [0.4, 0.5) is 5.69 Å². The monoisotopic (exact) mass is 408 g/mol. The zero-order valence-electron chi connectivity index (χ0n) is 11.4. The third-order valence-corrected chi connectivity index (χ3v) is 4.85. The molecule has 0 saturated heterocycles. The fourth-order valence-corrected chi connectivity index (χ4v) is 3.56. The van der Waals surface area contributed by atoms with Crippen LogP contribution >= 0.6 is 31.9 Å². The number of benzene rings is 2. The van der Waals surface area contributed by atoms with Crippen molar-refractivity contribution in [2.24, 2.45) is 0 Å². The van der Waals surface area contributed by atoms with Crippen LogP contribution in [0.5, 0.6) is 0 Å². The first kappa shape index (κ1) is 14.8. The number of carbonyl (C=O) groups is 1. The maximum absolute atomic E-state index is 12.2. The second-order valence-corrected chi connectivity index (χ2v) is 6.83. The van der Waals surface area contributed by atoms with Crippen LogP contribution in [0.1, 0.15) is 30.1 Å². The topological polar surface area (TPSA) is 41.1 Å². The second kappa shape index (κ2) is 5.91. The van der Waals surface area contributed by atoms with Crippen LogP contribution in [-0.4, -0.2) is 5.91 Å². The van der Waals surface area contributed by atoms with Gasteiger partial charge in [0.2, 0.25) is 5.91 Å². The molecule has 2 aromatic rings. The highest BCUT2D eigenvalue weighted by Crippen LogP contribution is 2.35. The summed E-state index contributed by atoms with van der Waals surface area (Å²) in [6.45, 7) is 2.06. The van der Waals surface area contributed by atoms with Gasteiger partial charge in [0.1, 0.15) is 6.04 Å². The van der Waals surface area contributed by atoms with Crippen LogP contribution < -0.4 is 10.6 Å². The number of nitrogens with one attached hydrogen (secondary N) is 2. The minimum Gasteiger partial charge on any atom is -0.324 e. The van der Waals surface area contributed by atoms with Crippen LogP contribution in [0.25, 0.3) is 0 Å². The Morgan fingerprint density at radius 2 is 1.95 bits per heavy atom. The molecular weight excluding hydrogens is 396 g/mol. The number of amides is 1. The van der Waals surface area contributed by atoms with Crippen molar-refractivity contribution in [3.8, 4) is 0 Å². The summed E-state index contributed by atoms with van der Waals surface area (Å²) in [6, 6.07) is 13.6. The van der Waals surface area contributed by atoms with Crippen LogP contribution in [-0.2, 0) is 4.79 Å². The lowest BCUT2D eigenvalue weighted by Crippen LogP contribution is -2.30. The highest BCUT2D eigenvalue weighted by molar-refractivity contribution is 9.10. The molecule has 1 aliphatic rings. The largest absolute Gasteiger partial charge is 0.324 e. The maximum Gasteiger partial charge on any atom is 0.246 e. The summed E-state index contributed by atoms with van der Waals surface area (Å²) in [4.78, 5) is 12.2. The van der Waals surface area contributed by atoms with Crippen LogP contribution in [0, 0.1) is 0 Å². The zero-order valence-corrected chi connectivity index (χ0v) is 14.5. The minimum absolute atomic E-state index is 0.0120. The van der Waals surface area contributed by atoms with Gasteiger partial charge in [0.05, 0.1) is 0 Å². The third-order valence-electron chi connectivity index (χ3n) is 3.63.